The number of aromatic hydroxyl groups is 2. The number of carboxylic acid groups (broad SMARTS) is 2. The van der Waals surface area contributed by atoms with Crippen molar-refractivity contribution in [3.8, 4) is 11.5 Å². The summed E-state index contributed by atoms with van der Waals surface area (Å²) < 4.78 is 39.1. The van der Waals surface area contributed by atoms with Crippen molar-refractivity contribution in [3.63, 3.8) is 0 Å². The van der Waals surface area contributed by atoms with Crippen molar-refractivity contribution in [3.05, 3.63) is 58.7 Å². The van der Waals surface area contributed by atoms with E-state index in [2.05, 4.69) is 6.92 Å². The van der Waals surface area contributed by atoms with Crippen LogP contribution in [0.1, 0.15) is 234 Å². The molecule has 0 aromatic heterocycles. The van der Waals surface area contributed by atoms with Gasteiger partial charge in [-0.3, -0.25) is 9.59 Å². The molecule has 4 bridgehead atoms. The maximum absolute atomic E-state index is 14.4. The van der Waals surface area contributed by atoms with E-state index >= 15 is 0 Å². The Labute approximate surface area is 470 Å². The molecular formula is C64H96O15. The zero-order chi connectivity index (χ0) is 56.9. The van der Waals surface area contributed by atoms with Crippen molar-refractivity contribution in [2.45, 2.75) is 282 Å². The number of fused-ring (bicyclic) bond motifs is 6. The van der Waals surface area contributed by atoms with Gasteiger partial charge in [0.25, 0.3) is 0 Å². The Hall–Kier alpha value is -4.28. The quantitative estimate of drug-likeness (QED) is 0.125. The van der Waals surface area contributed by atoms with Crippen LogP contribution in [0.15, 0.2) is 36.4 Å². The molecular weight excluding hydrogens is 1010 g/mol. The van der Waals surface area contributed by atoms with Crippen LogP contribution < -0.4 is 0 Å². The highest BCUT2D eigenvalue weighted by atomic mass is 16.6. The van der Waals surface area contributed by atoms with Gasteiger partial charge < -0.3 is 54.0 Å². The van der Waals surface area contributed by atoms with Gasteiger partial charge in [-0.25, -0.2) is 9.59 Å². The third kappa shape index (κ3) is 17.4. The number of aryl methyl sites for hydroxylation is 2. The van der Waals surface area contributed by atoms with E-state index in [0.29, 0.717) is 63.4 Å². The Morgan fingerprint density at radius 1 is 0.519 bits per heavy atom. The molecule has 7 rings (SSSR count). The van der Waals surface area contributed by atoms with Crippen molar-refractivity contribution in [1.29, 1.82) is 0 Å². The summed E-state index contributed by atoms with van der Waals surface area (Å²) in [7, 11) is 0. The Bertz CT molecular complexity index is 2290. The Balaban J connectivity index is 1.07. The van der Waals surface area contributed by atoms with E-state index in [-0.39, 0.29) is 90.0 Å². The first-order valence-electron chi connectivity index (χ1n) is 30.5. The molecule has 0 unspecified atom stereocenters. The molecule has 4 saturated heterocycles. The van der Waals surface area contributed by atoms with Crippen LogP contribution >= 0.6 is 0 Å². The van der Waals surface area contributed by atoms with Crippen molar-refractivity contribution < 1.29 is 73.1 Å². The Morgan fingerprint density at radius 3 is 1.43 bits per heavy atom. The summed E-state index contributed by atoms with van der Waals surface area (Å²) in [4.78, 5) is 53.0. The lowest BCUT2D eigenvalue weighted by atomic mass is 9.81. The molecule has 0 radical (unpaired) electrons. The van der Waals surface area contributed by atoms with E-state index in [1.54, 1.807) is 45.9 Å². The van der Waals surface area contributed by atoms with Crippen LogP contribution in [-0.2, 0) is 50.9 Å². The molecule has 79 heavy (non-hydrogen) atoms. The largest absolute Gasteiger partial charge is 0.507 e. The SMILES string of the molecule is C[C@H]1CC[C@@H]2CCC[C@H](CCCc3cccc(O)c3C(=O)O[C@H](C[C@@H](O)C[C@@H]3CCC[C@H](C(C)(C)C(=O)O)O3)[C@@H](C)CC[C@@H]3CCC[C@H](CCCc4cccc(O)c4C(=O)O[C@@H]1CCC[C@@H]1CCC[C@H](C(C)(C)C(=O)O)O1)O3)O2. The van der Waals surface area contributed by atoms with Gasteiger partial charge in [0.1, 0.15) is 34.8 Å². The van der Waals surface area contributed by atoms with Crippen LogP contribution in [0.4, 0.5) is 0 Å². The molecule has 2 aromatic carbocycles. The van der Waals surface area contributed by atoms with Crippen molar-refractivity contribution in [2.24, 2.45) is 22.7 Å². The van der Waals surface area contributed by atoms with Gasteiger partial charge in [-0.05, 0) is 230 Å². The fourth-order valence-corrected chi connectivity index (χ4v) is 13.2. The zero-order valence-electron chi connectivity index (χ0n) is 48.4. The number of esters is 2. The number of carbonyl (C=O) groups excluding carboxylic acids is 2. The second kappa shape index (κ2) is 29.1. The van der Waals surface area contributed by atoms with Crippen LogP contribution in [0.2, 0.25) is 0 Å². The molecule has 15 heteroatoms. The van der Waals surface area contributed by atoms with Gasteiger partial charge in [-0.2, -0.15) is 0 Å². The number of phenols is 2. The normalized spacial score (nSPS) is 31.2. The topological polar surface area (TPSA) is 225 Å². The lowest BCUT2D eigenvalue weighted by Gasteiger charge is -2.38. The zero-order valence-corrected chi connectivity index (χ0v) is 48.4. The second-order valence-electron chi connectivity index (χ2n) is 25.5. The van der Waals surface area contributed by atoms with E-state index in [4.69, 9.17) is 28.4 Å². The van der Waals surface area contributed by atoms with Crippen LogP contribution in [0.5, 0.6) is 11.5 Å². The van der Waals surface area contributed by atoms with E-state index in [9.17, 15) is 44.7 Å². The van der Waals surface area contributed by atoms with E-state index in [1.807, 2.05) is 19.1 Å². The lowest BCUT2D eigenvalue weighted by Crippen LogP contribution is -2.44. The highest BCUT2D eigenvalue weighted by Crippen LogP contribution is 2.39. The van der Waals surface area contributed by atoms with Crippen LogP contribution in [0.3, 0.4) is 0 Å². The van der Waals surface area contributed by atoms with E-state index in [1.165, 1.54) is 6.07 Å². The number of hydrogen-bond acceptors (Lipinski definition) is 13. The van der Waals surface area contributed by atoms with Gasteiger partial charge in [-0.1, -0.05) is 38.1 Å². The molecule has 2 aromatic rings. The molecule has 5 aliphatic rings. The summed E-state index contributed by atoms with van der Waals surface area (Å²) in [6.45, 7) is 11.0. The second-order valence-corrected chi connectivity index (χ2v) is 25.5. The maximum atomic E-state index is 14.4. The summed E-state index contributed by atoms with van der Waals surface area (Å²) in [5.41, 5.74) is -0.322. The van der Waals surface area contributed by atoms with E-state index < -0.39 is 59.1 Å². The maximum Gasteiger partial charge on any atom is 0.342 e. The van der Waals surface area contributed by atoms with Gasteiger partial charge in [0, 0.05) is 6.42 Å². The van der Waals surface area contributed by atoms with E-state index in [0.717, 1.165) is 108 Å². The van der Waals surface area contributed by atoms with Crippen molar-refractivity contribution in [2.75, 3.05) is 0 Å². The number of carbonyl (C=O) groups is 4. The first kappa shape index (κ1) is 62.3. The highest BCUT2D eigenvalue weighted by Gasteiger charge is 2.43. The van der Waals surface area contributed by atoms with Gasteiger partial charge in [-0.15, -0.1) is 0 Å². The standard InChI is InChI=1S/C64H96O15/c1-40-34-36-48-24-11-22-45(74-48)21-8-17-43-19-10-30-52(67)58(43)60(69)79-54(39-44(65)38-50-28-15-33-56(77-50)64(5,6)62(72)73)41(2)35-37-49-25-12-23-46(75-49)20-7-16-42-18-9-29-51(66)57(42)59(68)78-53(40)31-13-26-47-27-14-32-55(76-47)63(3,4)61(70)71/h9-10,18-19,29-30,40-41,44-50,53-56,65-67H,7-8,11-17,20-28,31-39H2,1-6H3,(H,70,71)(H,72,73)/t40-,41-,44-,45-,46-,47+,48-,49-,50-,53+,54+,55+,56+/m0/s1. The molecule has 5 aliphatic heterocycles. The Morgan fingerprint density at radius 2 is 0.937 bits per heavy atom. The minimum Gasteiger partial charge on any atom is -0.507 e. The third-order valence-corrected chi connectivity index (χ3v) is 18.6. The van der Waals surface area contributed by atoms with Crippen LogP contribution in [0.25, 0.3) is 0 Å². The number of carboxylic acids is 2. The summed E-state index contributed by atoms with van der Waals surface area (Å²) >= 11 is 0. The number of aliphatic hydroxyl groups is 1. The molecule has 4 fully saturated rings. The predicted octanol–water partition coefficient (Wildman–Crippen LogP) is 12.6. The summed E-state index contributed by atoms with van der Waals surface area (Å²) in [5.74, 6) is -3.43. The first-order valence-corrected chi connectivity index (χ1v) is 30.5. The molecule has 5 N–H and O–H groups in total. The molecule has 0 spiro atoms. The number of aliphatic hydroxyl groups excluding tert-OH is 1. The molecule has 15 nitrogen and oxygen atoms in total. The van der Waals surface area contributed by atoms with Crippen LogP contribution in [0, 0.1) is 22.7 Å². The summed E-state index contributed by atoms with van der Waals surface area (Å²) in [5, 5.41) is 54.1. The minimum atomic E-state index is -1.08. The summed E-state index contributed by atoms with van der Waals surface area (Å²) in [6, 6.07) is 10.3. The fraction of sp³-hybridized carbons (Fsp3) is 0.750. The molecule has 13 atom stereocenters. The highest BCUT2D eigenvalue weighted by molar-refractivity contribution is 5.95. The molecule has 442 valence electrons. The average Bonchev–Trinajstić information content (AvgIpc) is 3.42. The average molecular weight is 1110 g/mol. The van der Waals surface area contributed by atoms with Crippen molar-refractivity contribution in [1.82, 2.24) is 0 Å². The number of ether oxygens (including phenoxy) is 6. The number of cyclic esters (lactones) is 2. The van der Waals surface area contributed by atoms with Crippen LogP contribution in [-0.4, -0.2) is 117 Å². The predicted molar refractivity (Wildman–Crippen MR) is 299 cm³/mol. The summed E-state index contributed by atoms with van der Waals surface area (Å²) in [6.07, 6.45) is 16.2. The molecule has 0 amide bonds. The molecule has 0 aliphatic carbocycles. The van der Waals surface area contributed by atoms with Gasteiger partial charge in [0.2, 0.25) is 0 Å². The Kier molecular flexibility index (Phi) is 23.0. The monoisotopic (exact) mass is 1100 g/mol. The van der Waals surface area contributed by atoms with Gasteiger partial charge >= 0.3 is 23.9 Å². The van der Waals surface area contributed by atoms with Gasteiger partial charge in [0.15, 0.2) is 0 Å². The third-order valence-electron chi connectivity index (χ3n) is 18.6. The number of aliphatic carboxylic acids is 2. The first-order chi connectivity index (χ1) is 37.7. The van der Waals surface area contributed by atoms with Crippen molar-refractivity contribution >= 4 is 23.9 Å². The lowest BCUT2D eigenvalue weighted by molar-refractivity contribution is -0.167. The molecule has 0 saturated carbocycles. The smallest absolute Gasteiger partial charge is 0.342 e. The number of hydrogen-bond donors (Lipinski definition) is 5. The minimum absolute atomic E-state index is 0.00114. The number of rotatable bonds is 12. The number of benzene rings is 2. The van der Waals surface area contributed by atoms with Gasteiger partial charge in [0.05, 0.1) is 65.8 Å². The fourth-order valence-electron chi connectivity index (χ4n) is 13.2. The molecule has 5 heterocycles. The number of phenolic OH excluding ortho intramolecular Hbond substituents is 2.